The summed E-state index contributed by atoms with van der Waals surface area (Å²) >= 11 is 3.42. The lowest BCUT2D eigenvalue weighted by Gasteiger charge is -2.38. The lowest BCUT2D eigenvalue weighted by molar-refractivity contribution is -0.133. The maximum absolute atomic E-state index is 12.8. The Hall–Kier alpha value is -1.36. The molecule has 2 rings (SSSR count). The summed E-state index contributed by atoms with van der Waals surface area (Å²) in [5.41, 5.74) is 1.78. The van der Waals surface area contributed by atoms with Gasteiger partial charge in [-0.1, -0.05) is 29.8 Å². The number of rotatable bonds is 3. The van der Waals surface area contributed by atoms with Crippen LogP contribution < -0.4 is 10.2 Å². The molecule has 0 bridgehead atoms. The van der Waals surface area contributed by atoms with Gasteiger partial charge in [0.05, 0.1) is 0 Å². The van der Waals surface area contributed by atoms with Gasteiger partial charge in [-0.2, -0.15) is 0 Å². The molecular formula is C16H21BrN2O2. The number of nitrogens with zero attached hydrogens (tertiary/aromatic N) is 1. The largest absolute Gasteiger partial charge is 0.342 e. The summed E-state index contributed by atoms with van der Waals surface area (Å²) in [6.07, 6.45) is 0.656. The summed E-state index contributed by atoms with van der Waals surface area (Å²) in [7, 11) is 0. The molecule has 0 aromatic heterocycles. The SMILES string of the molecule is Cc1cc(Br)ccc1N1C(=O)C(CC(C)C)NC(=O)C1C. The predicted molar refractivity (Wildman–Crippen MR) is 87.2 cm³/mol. The van der Waals surface area contributed by atoms with Crippen LogP contribution in [0.1, 0.15) is 32.8 Å². The maximum atomic E-state index is 12.8. The van der Waals surface area contributed by atoms with Crippen molar-refractivity contribution in [1.82, 2.24) is 5.32 Å². The van der Waals surface area contributed by atoms with Gasteiger partial charge in [0.2, 0.25) is 11.8 Å². The molecule has 0 aliphatic carbocycles. The van der Waals surface area contributed by atoms with Crippen LogP contribution in [0.25, 0.3) is 0 Å². The lowest BCUT2D eigenvalue weighted by Crippen LogP contribution is -2.63. The van der Waals surface area contributed by atoms with Gasteiger partial charge in [-0.15, -0.1) is 0 Å². The van der Waals surface area contributed by atoms with E-state index in [1.165, 1.54) is 0 Å². The van der Waals surface area contributed by atoms with E-state index in [-0.39, 0.29) is 11.8 Å². The van der Waals surface area contributed by atoms with E-state index in [1.54, 1.807) is 11.8 Å². The Bertz CT molecular complexity index is 571. The predicted octanol–water partition coefficient (Wildman–Crippen LogP) is 3.02. The Kier molecular flexibility index (Phi) is 4.71. The zero-order chi connectivity index (χ0) is 15.7. The van der Waals surface area contributed by atoms with Gasteiger partial charge in [0.1, 0.15) is 12.1 Å². The first kappa shape index (κ1) is 16.0. The number of halogens is 1. The molecule has 114 valence electrons. The second kappa shape index (κ2) is 6.18. The lowest BCUT2D eigenvalue weighted by atomic mass is 9.98. The van der Waals surface area contributed by atoms with E-state index >= 15 is 0 Å². The summed E-state index contributed by atoms with van der Waals surface area (Å²) in [5, 5.41) is 2.84. The van der Waals surface area contributed by atoms with Crippen molar-refractivity contribution in [2.45, 2.75) is 46.2 Å². The van der Waals surface area contributed by atoms with Crippen molar-refractivity contribution in [3.63, 3.8) is 0 Å². The van der Waals surface area contributed by atoms with Crippen LogP contribution in [0, 0.1) is 12.8 Å². The average Bonchev–Trinajstić information content (AvgIpc) is 2.38. The summed E-state index contributed by atoms with van der Waals surface area (Å²) in [5.74, 6) is 0.226. The number of benzene rings is 1. The molecule has 21 heavy (non-hydrogen) atoms. The smallest absolute Gasteiger partial charge is 0.250 e. The number of anilines is 1. The van der Waals surface area contributed by atoms with Crippen molar-refractivity contribution in [1.29, 1.82) is 0 Å². The standard InChI is InChI=1S/C16H21BrN2O2/c1-9(2)7-13-16(21)19(11(4)15(20)18-13)14-6-5-12(17)8-10(14)3/h5-6,8-9,11,13H,7H2,1-4H3,(H,18,20). The average molecular weight is 353 g/mol. The molecule has 4 nitrogen and oxygen atoms in total. The molecule has 1 fully saturated rings. The quantitative estimate of drug-likeness (QED) is 0.908. The molecule has 1 saturated heterocycles. The molecule has 2 atom stereocenters. The van der Waals surface area contributed by atoms with Crippen molar-refractivity contribution in [3.05, 3.63) is 28.2 Å². The number of amides is 2. The number of carbonyl (C=O) groups is 2. The molecule has 0 spiro atoms. The van der Waals surface area contributed by atoms with E-state index in [0.717, 1.165) is 15.7 Å². The van der Waals surface area contributed by atoms with Crippen molar-refractivity contribution < 1.29 is 9.59 Å². The molecule has 1 aliphatic heterocycles. The van der Waals surface area contributed by atoms with Gasteiger partial charge in [0, 0.05) is 10.2 Å². The molecule has 1 aliphatic rings. The minimum atomic E-state index is -0.485. The minimum Gasteiger partial charge on any atom is -0.342 e. The van der Waals surface area contributed by atoms with Crippen molar-refractivity contribution in [2.75, 3.05) is 4.90 Å². The van der Waals surface area contributed by atoms with Crippen LogP contribution in [0.5, 0.6) is 0 Å². The van der Waals surface area contributed by atoms with E-state index < -0.39 is 12.1 Å². The summed E-state index contributed by atoms with van der Waals surface area (Å²) in [4.78, 5) is 26.6. The molecule has 1 heterocycles. The van der Waals surface area contributed by atoms with Crippen LogP contribution in [0.2, 0.25) is 0 Å². The Balaban J connectivity index is 2.38. The highest BCUT2D eigenvalue weighted by molar-refractivity contribution is 9.10. The second-order valence-electron chi connectivity index (χ2n) is 6.01. The second-order valence-corrected chi connectivity index (χ2v) is 6.92. The highest BCUT2D eigenvalue weighted by atomic mass is 79.9. The highest BCUT2D eigenvalue weighted by Gasteiger charge is 2.39. The van der Waals surface area contributed by atoms with Gasteiger partial charge in [-0.25, -0.2) is 0 Å². The first-order chi connectivity index (χ1) is 9.81. The van der Waals surface area contributed by atoms with Crippen molar-refractivity contribution >= 4 is 33.4 Å². The van der Waals surface area contributed by atoms with Gasteiger partial charge in [-0.3, -0.25) is 14.5 Å². The highest BCUT2D eigenvalue weighted by Crippen LogP contribution is 2.28. The molecule has 1 aromatic rings. The number of carbonyl (C=O) groups excluding carboxylic acids is 2. The fraction of sp³-hybridized carbons (Fsp3) is 0.500. The molecule has 2 amide bonds. The van der Waals surface area contributed by atoms with E-state index in [0.29, 0.717) is 12.3 Å². The van der Waals surface area contributed by atoms with Gasteiger partial charge in [0.15, 0.2) is 0 Å². The fourth-order valence-electron chi connectivity index (χ4n) is 2.68. The van der Waals surface area contributed by atoms with Gasteiger partial charge in [0.25, 0.3) is 0 Å². The summed E-state index contributed by atoms with van der Waals surface area (Å²) in [6.45, 7) is 7.81. The van der Waals surface area contributed by atoms with E-state index in [1.807, 2.05) is 39.0 Å². The van der Waals surface area contributed by atoms with E-state index in [2.05, 4.69) is 21.2 Å². The fourth-order valence-corrected chi connectivity index (χ4v) is 3.15. The van der Waals surface area contributed by atoms with Crippen LogP contribution in [-0.4, -0.2) is 23.9 Å². The van der Waals surface area contributed by atoms with Crippen LogP contribution in [0.3, 0.4) is 0 Å². The molecule has 2 unspecified atom stereocenters. The zero-order valence-corrected chi connectivity index (χ0v) is 14.4. The number of aryl methyl sites for hydroxylation is 1. The number of hydrogen-bond acceptors (Lipinski definition) is 2. The van der Waals surface area contributed by atoms with Crippen LogP contribution in [0.15, 0.2) is 22.7 Å². The minimum absolute atomic E-state index is 0.0266. The van der Waals surface area contributed by atoms with Crippen molar-refractivity contribution in [2.24, 2.45) is 5.92 Å². The van der Waals surface area contributed by atoms with Crippen LogP contribution in [0.4, 0.5) is 5.69 Å². The van der Waals surface area contributed by atoms with Gasteiger partial charge < -0.3 is 5.32 Å². The van der Waals surface area contributed by atoms with E-state index in [9.17, 15) is 9.59 Å². The van der Waals surface area contributed by atoms with Gasteiger partial charge in [-0.05, 0) is 49.9 Å². The third-order valence-electron chi connectivity index (χ3n) is 3.74. The topological polar surface area (TPSA) is 49.4 Å². The number of nitrogens with one attached hydrogen (secondary N) is 1. The molecule has 1 N–H and O–H groups in total. The third kappa shape index (κ3) is 3.28. The third-order valence-corrected chi connectivity index (χ3v) is 4.24. The molecule has 1 aromatic carbocycles. The molecular weight excluding hydrogens is 332 g/mol. The molecule has 0 radical (unpaired) electrons. The Labute approximate surface area is 134 Å². The number of hydrogen-bond donors (Lipinski definition) is 1. The maximum Gasteiger partial charge on any atom is 0.250 e. The monoisotopic (exact) mass is 352 g/mol. The van der Waals surface area contributed by atoms with Gasteiger partial charge >= 0.3 is 0 Å². The normalized spacial score (nSPS) is 22.7. The molecule has 5 heteroatoms. The first-order valence-electron chi connectivity index (χ1n) is 7.21. The first-order valence-corrected chi connectivity index (χ1v) is 8.00. The molecule has 0 saturated carbocycles. The summed E-state index contributed by atoms with van der Waals surface area (Å²) < 4.78 is 0.962. The Morgan fingerprint density at radius 2 is 2.00 bits per heavy atom. The number of piperazine rings is 1. The van der Waals surface area contributed by atoms with E-state index in [4.69, 9.17) is 0 Å². The van der Waals surface area contributed by atoms with Crippen molar-refractivity contribution in [3.8, 4) is 0 Å². The zero-order valence-electron chi connectivity index (χ0n) is 12.8. The Morgan fingerprint density at radius 1 is 1.33 bits per heavy atom. The summed E-state index contributed by atoms with van der Waals surface area (Å²) in [6, 6.07) is 4.82. The van der Waals surface area contributed by atoms with Crippen LogP contribution in [-0.2, 0) is 9.59 Å². The van der Waals surface area contributed by atoms with Crippen LogP contribution >= 0.6 is 15.9 Å². The Morgan fingerprint density at radius 3 is 2.57 bits per heavy atom.